The minimum Gasteiger partial charge on any atom is -0.505 e. The molecule has 22 heavy (non-hydrogen) atoms. The molecule has 0 amide bonds. The molecular formula is C15H24O7. The Morgan fingerprint density at radius 1 is 1.14 bits per heavy atom. The van der Waals surface area contributed by atoms with Gasteiger partial charge in [-0.25, -0.2) is 4.79 Å². The smallest absolute Gasteiger partial charge is 0.377 e. The van der Waals surface area contributed by atoms with Crippen LogP contribution in [0.1, 0.15) is 51.9 Å². The van der Waals surface area contributed by atoms with Crippen LogP contribution < -0.4 is 0 Å². The van der Waals surface area contributed by atoms with Crippen LogP contribution in [0.3, 0.4) is 0 Å². The highest BCUT2D eigenvalue weighted by molar-refractivity contribution is 5.89. The second kappa shape index (κ2) is 8.75. The lowest BCUT2D eigenvalue weighted by molar-refractivity contribution is -0.154. The fourth-order valence-electron chi connectivity index (χ4n) is 2.28. The van der Waals surface area contributed by atoms with Gasteiger partial charge in [0.25, 0.3) is 0 Å². The van der Waals surface area contributed by atoms with Crippen molar-refractivity contribution in [2.75, 3.05) is 0 Å². The van der Waals surface area contributed by atoms with Crippen molar-refractivity contribution in [3.05, 3.63) is 11.5 Å². The van der Waals surface area contributed by atoms with E-state index in [-0.39, 0.29) is 6.42 Å². The van der Waals surface area contributed by atoms with Gasteiger partial charge in [-0.3, -0.25) is 4.79 Å². The van der Waals surface area contributed by atoms with Crippen molar-refractivity contribution in [1.82, 2.24) is 0 Å². The number of hydrogen-bond donors (Lipinski definition) is 4. The maximum Gasteiger partial charge on any atom is 0.377 e. The highest BCUT2D eigenvalue weighted by Gasteiger charge is 2.43. The molecule has 0 bridgehead atoms. The molecule has 4 N–H and O–H groups in total. The minimum absolute atomic E-state index is 0.0987. The fraction of sp³-hybridized carbons (Fsp3) is 0.733. The van der Waals surface area contributed by atoms with E-state index < -0.39 is 41.6 Å². The molecule has 0 aromatic rings. The van der Waals surface area contributed by atoms with Gasteiger partial charge in [-0.15, -0.1) is 0 Å². The predicted octanol–water partition coefficient (Wildman–Crippen LogP) is 1.28. The number of esters is 1. The standard InChI is InChI=1S/C15H24O7/c1-2-3-4-5-6-7-8-9(16)10(17)11(18)14-12(19)13(20)15(21)22-14/h10-11,14,17-20H,2-8H2,1H3/t10?,11-,14+/m1/s1. The number of aliphatic hydroxyl groups excluding tert-OH is 4. The Balaban J connectivity index is 2.38. The lowest BCUT2D eigenvalue weighted by atomic mass is 9.99. The van der Waals surface area contributed by atoms with Gasteiger partial charge in [0.05, 0.1) is 0 Å². The van der Waals surface area contributed by atoms with E-state index in [1.165, 1.54) is 0 Å². The van der Waals surface area contributed by atoms with Crippen molar-refractivity contribution in [2.24, 2.45) is 0 Å². The number of aliphatic hydroxyl groups is 4. The maximum absolute atomic E-state index is 11.8. The van der Waals surface area contributed by atoms with Crippen molar-refractivity contribution >= 4 is 11.8 Å². The van der Waals surface area contributed by atoms with Gasteiger partial charge in [0.2, 0.25) is 5.76 Å². The van der Waals surface area contributed by atoms with E-state index in [0.717, 1.165) is 32.1 Å². The van der Waals surface area contributed by atoms with Crippen molar-refractivity contribution < 1.29 is 34.8 Å². The summed E-state index contributed by atoms with van der Waals surface area (Å²) in [5.41, 5.74) is 0. The van der Waals surface area contributed by atoms with Crippen molar-refractivity contribution in [3.8, 4) is 0 Å². The van der Waals surface area contributed by atoms with Crippen LogP contribution in [0.25, 0.3) is 0 Å². The van der Waals surface area contributed by atoms with Gasteiger partial charge in [0, 0.05) is 6.42 Å². The van der Waals surface area contributed by atoms with Gasteiger partial charge >= 0.3 is 5.97 Å². The van der Waals surface area contributed by atoms with Gasteiger partial charge in [-0.2, -0.15) is 0 Å². The van der Waals surface area contributed by atoms with Gasteiger partial charge in [-0.1, -0.05) is 39.0 Å². The number of Topliss-reactive ketones (excluding diaryl/α,β-unsaturated/α-hetero) is 1. The minimum atomic E-state index is -1.80. The third-order valence-electron chi connectivity index (χ3n) is 3.68. The van der Waals surface area contributed by atoms with Crippen LogP contribution in [0.4, 0.5) is 0 Å². The van der Waals surface area contributed by atoms with Gasteiger partial charge < -0.3 is 25.2 Å². The predicted molar refractivity (Wildman–Crippen MR) is 77.2 cm³/mol. The summed E-state index contributed by atoms with van der Waals surface area (Å²) in [6, 6.07) is 0. The Bertz CT molecular complexity index is 430. The molecule has 1 aliphatic heterocycles. The van der Waals surface area contributed by atoms with E-state index in [1.54, 1.807) is 0 Å². The summed E-state index contributed by atoms with van der Waals surface area (Å²) in [5.74, 6) is -3.67. The van der Waals surface area contributed by atoms with Crippen LogP contribution >= 0.6 is 0 Å². The first-order valence-corrected chi connectivity index (χ1v) is 7.62. The number of hydrogen-bond acceptors (Lipinski definition) is 7. The van der Waals surface area contributed by atoms with Crippen LogP contribution in [-0.2, 0) is 14.3 Å². The van der Waals surface area contributed by atoms with Crippen LogP contribution in [-0.4, -0.2) is 50.5 Å². The Kier molecular flexibility index (Phi) is 7.34. The third-order valence-corrected chi connectivity index (χ3v) is 3.68. The maximum atomic E-state index is 11.8. The Hall–Kier alpha value is -1.60. The molecule has 0 fully saturated rings. The SMILES string of the molecule is CCCCCCCCC(=O)C(O)[C@@H](O)[C@@H]1OC(=O)C(O)=C1O. The molecule has 1 rings (SSSR count). The second-order valence-corrected chi connectivity index (χ2v) is 5.48. The Labute approximate surface area is 129 Å². The number of unbranched alkanes of at least 4 members (excludes halogenated alkanes) is 5. The lowest BCUT2D eigenvalue weighted by Crippen LogP contribution is -2.43. The molecule has 0 saturated heterocycles. The van der Waals surface area contributed by atoms with Crippen LogP contribution in [0.5, 0.6) is 0 Å². The van der Waals surface area contributed by atoms with E-state index >= 15 is 0 Å². The quantitative estimate of drug-likeness (QED) is 0.353. The van der Waals surface area contributed by atoms with Crippen LogP contribution in [0.2, 0.25) is 0 Å². The normalized spacial score (nSPS) is 20.9. The summed E-state index contributed by atoms with van der Waals surface area (Å²) < 4.78 is 4.51. The van der Waals surface area contributed by atoms with E-state index in [1.807, 2.05) is 0 Å². The monoisotopic (exact) mass is 316 g/mol. The molecule has 7 heteroatoms. The molecule has 1 heterocycles. The molecule has 0 radical (unpaired) electrons. The second-order valence-electron chi connectivity index (χ2n) is 5.48. The molecule has 3 atom stereocenters. The molecule has 0 aromatic carbocycles. The van der Waals surface area contributed by atoms with E-state index in [0.29, 0.717) is 6.42 Å². The van der Waals surface area contributed by atoms with Crippen molar-refractivity contribution in [1.29, 1.82) is 0 Å². The topological polar surface area (TPSA) is 124 Å². The molecule has 7 nitrogen and oxygen atoms in total. The molecular weight excluding hydrogens is 292 g/mol. The number of ketones is 1. The molecule has 0 spiro atoms. The molecule has 0 saturated carbocycles. The summed E-state index contributed by atoms with van der Waals surface area (Å²) in [6.07, 6.45) is 0.761. The zero-order chi connectivity index (χ0) is 16.7. The van der Waals surface area contributed by atoms with Crippen molar-refractivity contribution in [3.63, 3.8) is 0 Å². The molecule has 126 valence electrons. The summed E-state index contributed by atoms with van der Waals surface area (Å²) in [4.78, 5) is 22.8. The fourth-order valence-corrected chi connectivity index (χ4v) is 2.28. The molecule has 1 unspecified atom stereocenters. The summed E-state index contributed by atoms with van der Waals surface area (Å²) in [7, 11) is 0. The summed E-state index contributed by atoms with van der Waals surface area (Å²) in [6.45, 7) is 2.11. The van der Waals surface area contributed by atoms with Crippen molar-refractivity contribution in [2.45, 2.75) is 70.2 Å². The zero-order valence-electron chi connectivity index (χ0n) is 12.7. The highest BCUT2D eigenvalue weighted by Crippen LogP contribution is 2.23. The van der Waals surface area contributed by atoms with Gasteiger partial charge in [0.15, 0.2) is 17.6 Å². The van der Waals surface area contributed by atoms with Gasteiger partial charge in [0.1, 0.15) is 12.2 Å². The number of cyclic esters (lactones) is 1. The van der Waals surface area contributed by atoms with Crippen LogP contribution in [0.15, 0.2) is 11.5 Å². The number of carbonyl (C=O) groups is 2. The zero-order valence-corrected chi connectivity index (χ0v) is 12.7. The lowest BCUT2D eigenvalue weighted by Gasteiger charge is -2.21. The summed E-state index contributed by atoms with van der Waals surface area (Å²) >= 11 is 0. The molecule has 0 aliphatic carbocycles. The third kappa shape index (κ3) is 4.71. The Morgan fingerprint density at radius 3 is 2.27 bits per heavy atom. The van der Waals surface area contributed by atoms with E-state index in [9.17, 15) is 24.9 Å². The summed E-state index contributed by atoms with van der Waals surface area (Å²) in [5, 5.41) is 38.1. The number of ether oxygens (including phenoxy) is 1. The first kappa shape index (κ1) is 18.4. The highest BCUT2D eigenvalue weighted by atomic mass is 16.6. The average Bonchev–Trinajstić information content (AvgIpc) is 2.76. The largest absolute Gasteiger partial charge is 0.505 e. The first-order valence-electron chi connectivity index (χ1n) is 7.62. The van der Waals surface area contributed by atoms with E-state index in [4.69, 9.17) is 5.11 Å². The molecule has 0 aromatic heterocycles. The van der Waals surface area contributed by atoms with Gasteiger partial charge in [-0.05, 0) is 6.42 Å². The Morgan fingerprint density at radius 2 is 1.73 bits per heavy atom. The number of rotatable bonds is 10. The van der Waals surface area contributed by atoms with E-state index in [2.05, 4.69) is 11.7 Å². The first-order chi connectivity index (χ1) is 10.4. The average molecular weight is 316 g/mol. The van der Waals surface area contributed by atoms with Crippen LogP contribution in [0, 0.1) is 0 Å². The number of carbonyl (C=O) groups excluding carboxylic acids is 2. The molecule has 1 aliphatic rings.